The topological polar surface area (TPSA) is 85.1 Å². The summed E-state index contributed by atoms with van der Waals surface area (Å²) in [5.74, 6) is -0.863. The molecule has 0 aliphatic heterocycles. The number of aromatic nitrogens is 1. The van der Waals surface area contributed by atoms with Gasteiger partial charge in [0.2, 0.25) is 5.91 Å². The number of benzene rings is 1. The van der Waals surface area contributed by atoms with E-state index in [1.54, 1.807) is 42.7 Å². The standard InChI is InChI=1S/C13H11N3O2/c14-12(17)9-2-1-3-10(8-9)13(18)16-11-4-6-15-7-5-11/h1-8H,(H2,14,17)(H,15,16,18). The Balaban J connectivity index is 2.19. The minimum Gasteiger partial charge on any atom is -0.366 e. The Bertz CT molecular complexity index is 582. The Hall–Kier alpha value is -2.69. The zero-order valence-electron chi connectivity index (χ0n) is 9.46. The van der Waals surface area contributed by atoms with E-state index in [1.165, 1.54) is 6.07 Å². The van der Waals surface area contributed by atoms with Gasteiger partial charge in [-0.05, 0) is 30.3 Å². The van der Waals surface area contributed by atoms with Crippen molar-refractivity contribution in [2.75, 3.05) is 5.32 Å². The summed E-state index contributed by atoms with van der Waals surface area (Å²) in [6, 6.07) is 9.60. The highest BCUT2D eigenvalue weighted by atomic mass is 16.2. The van der Waals surface area contributed by atoms with Gasteiger partial charge in [0.1, 0.15) is 0 Å². The second-order valence-corrected chi connectivity index (χ2v) is 3.64. The molecule has 18 heavy (non-hydrogen) atoms. The third kappa shape index (κ3) is 2.70. The molecule has 0 spiro atoms. The van der Waals surface area contributed by atoms with E-state index < -0.39 is 5.91 Å². The monoisotopic (exact) mass is 241 g/mol. The molecule has 5 heteroatoms. The first-order chi connectivity index (χ1) is 8.66. The molecule has 0 fully saturated rings. The normalized spacial score (nSPS) is 9.78. The number of amides is 2. The average molecular weight is 241 g/mol. The molecule has 0 atom stereocenters. The number of carbonyl (C=O) groups excluding carboxylic acids is 2. The third-order valence-corrected chi connectivity index (χ3v) is 2.35. The Morgan fingerprint density at radius 3 is 2.39 bits per heavy atom. The van der Waals surface area contributed by atoms with Crippen molar-refractivity contribution in [1.82, 2.24) is 4.98 Å². The zero-order valence-corrected chi connectivity index (χ0v) is 9.46. The van der Waals surface area contributed by atoms with Crippen molar-refractivity contribution < 1.29 is 9.59 Å². The molecule has 2 rings (SSSR count). The fourth-order valence-electron chi connectivity index (χ4n) is 1.45. The van der Waals surface area contributed by atoms with E-state index in [0.717, 1.165) is 0 Å². The summed E-state index contributed by atoms with van der Waals surface area (Å²) in [6.45, 7) is 0. The van der Waals surface area contributed by atoms with Crippen LogP contribution in [0.4, 0.5) is 5.69 Å². The van der Waals surface area contributed by atoms with E-state index in [-0.39, 0.29) is 5.91 Å². The molecule has 3 N–H and O–H groups in total. The first kappa shape index (κ1) is 11.8. The van der Waals surface area contributed by atoms with E-state index in [0.29, 0.717) is 16.8 Å². The summed E-state index contributed by atoms with van der Waals surface area (Å²) in [6.07, 6.45) is 3.16. The number of nitrogens with zero attached hydrogens (tertiary/aromatic N) is 1. The van der Waals surface area contributed by atoms with Crippen LogP contribution in [-0.2, 0) is 0 Å². The van der Waals surface area contributed by atoms with Crippen molar-refractivity contribution in [3.05, 3.63) is 59.9 Å². The number of nitrogens with two attached hydrogens (primary N) is 1. The van der Waals surface area contributed by atoms with E-state index >= 15 is 0 Å². The molecular weight excluding hydrogens is 230 g/mol. The average Bonchev–Trinajstić information content (AvgIpc) is 2.40. The van der Waals surface area contributed by atoms with Gasteiger partial charge in [-0.3, -0.25) is 14.6 Å². The van der Waals surface area contributed by atoms with Crippen molar-refractivity contribution in [2.24, 2.45) is 5.73 Å². The SMILES string of the molecule is NC(=O)c1cccc(C(=O)Nc2ccncc2)c1. The van der Waals surface area contributed by atoms with Gasteiger partial charge in [-0.2, -0.15) is 0 Å². The molecule has 0 aliphatic carbocycles. The van der Waals surface area contributed by atoms with Gasteiger partial charge in [-0.25, -0.2) is 0 Å². The predicted octanol–water partition coefficient (Wildman–Crippen LogP) is 1.43. The van der Waals surface area contributed by atoms with Crippen LogP contribution in [-0.4, -0.2) is 16.8 Å². The minimum atomic E-state index is -0.562. The Labute approximate surface area is 104 Å². The smallest absolute Gasteiger partial charge is 0.255 e. The maximum atomic E-state index is 11.9. The molecular formula is C13H11N3O2. The lowest BCUT2D eigenvalue weighted by Gasteiger charge is -2.05. The van der Waals surface area contributed by atoms with Gasteiger partial charge in [0.15, 0.2) is 0 Å². The number of rotatable bonds is 3. The van der Waals surface area contributed by atoms with Gasteiger partial charge in [-0.1, -0.05) is 6.07 Å². The van der Waals surface area contributed by atoms with Crippen molar-refractivity contribution >= 4 is 17.5 Å². The predicted molar refractivity (Wildman–Crippen MR) is 67.2 cm³/mol. The van der Waals surface area contributed by atoms with Crippen molar-refractivity contribution in [1.29, 1.82) is 0 Å². The Morgan fingerprint density at radius 2 is 1.72 bits per heavy atom. The molecule has 0 saturated carbocycles. The highest BCUT2D eigenvalue weighted by molar-refractivity contribution is 6.05. The van der Waals surface area contributed by atoms with E-state index in [2.05, 4.69) is 10.3 Å². The first-order valence-electron chi connectivity index (χ1n) is 5.28. The lowest BCUT2D eigenvalue weighted by atomic mass is 10.1. The fourth-order valence-corrected chi connectivity index (χ4v) is 1.45. The molecule has 0 radical (unpaired) electrons. The van der Waals surface area contributed by atoms with Gasteiger partial charge in [0.25, 0.3) is 5.91 Å². The van der Waals surface area contributed by atoms with Crippen LogP contribution in [0.25, 0.3) is 0 Å². The van der Waals surface area contributed by atoms with Gasteiger partial charge >= 0.3 is 0 Å². The van der Waals surface area contributed by atoms with Crippen LogP contribution >= 0.6 is 0 Å². The van der Waals surface area contributed by atoms with Gasteiger partial charge in [0, 0.05) is 29.2 Å². The third-order valence-electron chi connectivity index (χ3n) is 2.35. The zero-order chi connectivity index (χ0) is 13.0. The van der Waals surface area contributed by atoms with E-state index in [9.17, 15) is 9.59 Å². The summed E-state index contributed by atoms with van der Waals surface area (Å²) in [5, 5.41) is 2.69. The highest BCUT2D eigenvalue weighted by Gasteiger charge is 2.08. The Morgan fingerprint density at radius 1 is 1.06 bits per heavy atom. The van der Waals surface area contributed by atoms with Crippen LogP contribution in [0.2, 0.25) is 0 Å². The van der Waals surface area contributed by atoms with E-state index in [1.807, 2.05) is 0 Å². The van der Waals surface area contributed by atoms with Crippen LogP contribution in [0.3, 0.4) is 0 Å². The molecule has 0 aliphatic rings. The summed E-state index contributed by atoms with van der Waals surface area (Å²) < 4.78 is 0. The maximum Gasteiger partial charge on any atom is 0.255 e. The lowest BCUT2D eigenvalue weighted by Crippen LogP contribution is -2.15. The largest absolute Gasteiger partial charge is 0.366 e. The molecule has 2 aromatic rings. The van der Waals surface area contributed by atoms with Crippen molar-refractivity contribution in [2.45, 2.75) is 0 Å². The van der Waals surface area contributed by atoms with E-state index in [4.69, 9.17) is 5.73 Å². The highest BCUT2D eigenvalue weighted by Crippen LogP contribution is 2.09. The van der Waals surface area contributed by atoms with Crippen LogP contribution in [0, 0.1) is 0 Å². The number of primary amides is 1. The van der Waals surface area contributed by atoms with Crippen LogP contribution < -0.4 is 11.1 Å². The molecule has 0 bridgehead atoms. The van der Waals surface area contributed by atoms with Crippen LogP contribution in [0.1, 0.15) is 20.7 Å². The summed E-state index contributed by atoms with van der Waals surface area (Å²) >= 11 is 0. The second kappa shape index (κ2) is 5.09. The first-order valence-corrected chi connectivity index (χ1v) is 5.28. The number of anilines is 1. The summed E-state index contributed by atoms with van der Waals surface area (Å²) in [7, 11) is 0. The van der Waals surface area contributed by atoms with Gasteiger partial charge in [0.05, 0.1) is 0 Å². The quantitative estimate of drug-likeness (QED) is 0.852. The van der Waals surface area contributed by atoms with Crippen LogP contribution in [0.15, 0.2) is 48.8 Å². The number of pyridine rings is 1. The number of carbonyl (C=O) groups is 2. The molecule has 1 heterocycles. The van der Waals surface area contributed by atoms with Gasteiger partial charge < -0.3 is 11.1 Å². The van der Waals surface area contributed by atoms with Crippen LogP contribution in [0.5, 0.6) is 0 Å². The second-order valence-electron chi connectivity index (χ2n) is 3.64. The molecule has 1 aromatic carbocycles. The van der Waals surface area contributed by atoms with Crippen molar-refractivity contribution in [3.8, 4) is 0 Å². The number of hydrogen-bond donors (Lipinski definition) is 2. The molecule has 90 valence electrons. The Kier molecular flexibility index (Phi) is 3.33. The van der Waals surface area contributed by atoms with Gasteiger partial charge in [-0.15, -0.1) is 0 Å². The minimum absolute atomic E-state index is 0.302. The summed E-state index contributed by atoms with van der Waals surface area (Å²) in [5.41, 5.74) is 6.48. The molecule has 1 aromatic heterocycles. The molecule has 2 amide bonds. The number of hydrogen-bond acceptors (Lipinski definition) is 3. The maximum absolute atomic E-state index is 11.9. The summed E-state index contributed by atoms with van der Waals surface area (Å²) in [4.78, 5) is 26.8. The molecule has 0 saturated heterocycles. The number of nitrogens with one attached hydrogen (secondary N) is 1. The fraction of sp³-hybridized carbons (Fsp3) is 0. The molecule has 0 unspecified atom stereocenters. The lowest BCUT2D eigenvalue weighted by molar-refractivity contribution is 0.1000. The van der Waals surface area contributed by atoms with Crippen molar-refractivity contribution in [3.63, 3.8) is 0 Å². The molecule has 5 nitrogen and oxygen atoms in total.